The Morgan fingerprint density at radius 1 is 1.28 bits per heavy atom. The van der Waals surface area contributed by atoms with Crippen molar-refractivity contribution in [3.63, 3.8) is 0 Å². The van der Waals surface area contributed by atoms with Gasteiger partial charge in [0.2, 0.25) is 0 Å². The van der Waals surface area contributed by atoms with Gasteiger partial charge < -0.3 is 14.9 Å². The minimum Gasteiger partial charge on any atom is -0.481 e. The van der Waals surface area contributed by atoms with Crippen LogP contribution in [0.25, 0.3) is 0 Å². The number of carboxylic acids is 1. The average Bonchev–Trinajstić information content (AvgIpc) is 2.58. The summed E-state index contributed by atoms with van der Waals surface area (Å²) in [5.74, 6) is -3.24. The van der Waals surface area contributed by atoms with Crippen LogP contribution in [0.5, 0.6) is 0 Å². The van der Waals surface area contributed by atoms with Crippen LogP contribution in [-0.2, 0) is 14.3 Å². The maximum absolute atomic E-state index is 12.0. The molecule has 0 aromatic heterocycles. The molecule has 5 nitrogen and oxygen atoms in total. The molecule has 0 aliphatic heterocycles. The van der Waals surface area contributed by atoms with Gasteiger partial charge in [-0.05, 0) is 24.2 Å². The van der Waals surface area contributed by atoms with Gasteiger partial charge in [-0.1, -0.05) is 20.8 Å². The van der Waals surface area contributed by atoms with E-state index in [-0.39, 0.29) is 5.92 Å². The number of hydrogen-bond donors (Lipinski definition) is 2. The zero-order chi connectivity index (χ0) is 13.9. The van der Waals surface area contributed by atoms with Crippen LogP contribution in [0.1, 0.15) is 33.6 Å². The minimum absolute atomic E-state index is 0.205. The lowest BCUT2D eigenvalue weighted by atomic mass is 9.63. The summed E-state index contributed by atoms with van der Waals surface area (Å²) >= 11 is 0. The summed E-state index contributed by atoms with van der Waals surface area (Å²) in [6, 6.07) is 0. The van der Waals surface area contributed by atoms with Gasteiger partial charge in [0, 0.05) is 5.41 Å². The molecule has 2 fully saturated rings. The third-order valence-corrected chi connectivity index (χ3v) is 5.76. The summed E-state index contributed by atoms with van der Waals surface area (Å²) in [5.41, 5.74) is -3.10. The number of esters is 1. The van der Waals surface area contributed by atoms with Crippen molar-refractivity contribution < 1.29 is 24.5 Å². The average molecular weight is 256 g/mol. The second-order valence-corrected chi connectivity index (χ2v) is 6.27. The number of aliphatic carboxylic acids is 1. The van der Waals surface area contributed by atoms with Crippen molar-refractivity contribution >= 4 is 11.9 Å². The second-order valence-electron chi connectivity index (χ2n) is 6.27. The standard InChI is InChI=1S/C13H20O5/c1-11(2)7-5-6-12(11,3)13(17,10(16)18-4)8(7)9(14)15/h7-8,17H,5-6H2,1-4H3,(H,14,15). The number of carbonyl (C=O) groups is 2. The van der Waals surface area contributed by atoms with Crippen LogP contribution in [-0.4, -0.2) is 34.9 Å². The van der Waals surface area contributed by atoms with E-state index in [9.17, 15) is 19.8 Å². The van der Waals surface area contributed by atoms with Gasteiger partial charge in [-0.15, -0.1) is 0 Å². The molecule has 4 atom stereocenters. The lowest BCUT2D eigenvalue weighted by molar-refractivity contribution is -0.194. The maximum atomic E-state index is 12.0. The Morgan fingerprint density at radius 2 is 1.83 bits per heavy atom. The van der Waals surface area contributed by atoms with E-state index in [0.29, 0.717) is 6.42 Å². The SMILES string of the molecule is COC(=O)C1(O)C(C(=O)O)C2CCC1(C)C2(C)C. The van der Waals surface area contributed by atoms with E-state index in [2.05, 4.69) is 4.74 Å². The van der Waals surface area contributed by atoms with Crippen LogP contribution in [0.4, 0.5) is 0 Å². The fraction of sp³-hybridized carbons (Fsp3) is 0.846. The molecule has 102 valence electrons. The highest BCUT2D eigenvalue weighted by molar-refractivity contribution is 5.89. The van der Waals surface area contributed by atoms with E-state index in [4.69, 9.17) is 0 Å². The van der Waals surface area contributed by atoms with Crippen molar-refractivity contribution in [1.82, 2.24) is 0 Å². The molecule has 2 saturated carbocycles. The molecule has 2 rings (SSSR count). The number of fused-ring (bicyclic) bond motifs is 2. The Labute approximate surface area is 106 Å². The Kier molecular flexibility index (Phi) is 2.57. The van der Waals surface area contributed by atoms with E-state index in [1.165, 1.54) is 7.11 Å². The van der Waals surface area contributed by atoms with Crippen LogP contribution >= 0.6 is 0 Å². The van der Waals surface area contributed by atoms with Gasteiger partial charge in [0.1, 0.15) is 5.92 Å². The van der Waals surface area contributed by atoms with Gasteiger partial charge in [0.25, 0.3) is 0 Å². The van der Waals surface area contributed by atoms with Crippen LogP contribution in [0.15, 0.2) is 0 Å². The molecule has 0 aromatic carbocycles. The van der Waals surface area contributed by atoms with Gasteiger partial charge in [0.15, 0.2) is 5.60 Å². The number of rotatable bonds is 2. The van der Waals surface area contributed by atoms with Crippen molar-refractivity contribution in [3.05, 3.63) is 0 Å². The van der Waals surface area contributed by atoms with Crippen LogP contribution in [0.2, 0.25) is 0 Å². The predicted octanol–water partition coefficient (Wildman–Crippen LogP) is 1.05. The monoisotopic (exact) mass is 256 g/mol. The molecule has 5 heteroatoms. The largest absolute Gasteiger partial charge is 0.481 e. The lowest BCUT2D eigenvalue weighted by Gasteiger charge is -2.44. The van der Waals surface area contributed by atoms with Crippen molar-refractivity contribution in [2.75, 3.05) is 7.11 Å². The predicted molar refractivity (Wildman–Crippen MR) is 62.7 cm³/mol. The first kappa shape index (κ1) is 13.3. The van der Waals surface area contributed by atoms with Gasteiger partial charge in [0.05, 0.1) is 7.11 Å². The first-order chi connectivity index (χ1) is 8.14. The fourth-order valence-corrected chi connectivity index (χ4v) is 4.29. The van der Waals surface area contributed by atoms with Crippen molar-refractivity contribution in [2.24, 2.45) is 22.7 Å². The first-order valence-electron chi connectivity index (χ1n) is 6.18. The Hall–Kier alpha value is -1.10. The molecule has 0 amide bonds. The molecular weight excluding hydrogens is 236 g/mol. The molecule has 4 unspecified atom stereocenters. The van der Waals surface area contributed by atoms with E-state index in [1.54, 1.807) is 6.92 Å². The summed E-state index contributed by atoms with van der Waals surface area (Å²) in [6.07, 6.45) is 1.36. The Balaban J connectivity index is 2.63. The summed E-state index contributed by atoms with van der Waals surface area (Å²) in [7, 11) is 1.18. The van der Waals surface area contributed by atoms with Crippen molar-refractivity contribution in [2.45, 2.75) is 39.2 Å². The number of hydrogen-bond acceptors (Lipinski definition) is 4. The zero-order valence-corrected chi connectivity index (χ0v) is 11.2. The van der Waals surface area contributed by atoms with Crippen molar-refractivity contribution in [1.29, 1.82) is 0 Å². The quantitative estimate of drug-likeness (QED) is 0.721. The van der Waals surface area contributed by atoms with Gasteiger partial charge in [-0.2, -0.15) is 0 Å². The molecule has 2 N–H and O–H groups in total. The number of carbonyl (C=O) groups excluding carboxylic acids is 1. The number of aliphatic hydroxyl groups is 1. The molecule has 0 spiro atoms. The summed E-state index contributed by atoms with van der Waals surface area (Å²) in [5, 5.41) is 20.2. The lowest BCUT2D eigenvalue weighted by Crippen LogP contribution is -2.59. The Bertz CT molecular complexity index is 416. The van der Waals surface area contributed by atoms with Gasteiger partial charge in [-0.25, -0.2) is 4.79 Å². The smallest absolute Gasteiger partial charge is 0.339 e. The highest BCUT2D eigenvalue weighted by Crippen LogP contribution is 2.72. The molecule has 0 aromatic rings. The molecule has 2 aliphatic carbocycles. The molecule has 0 saturated heterocycles. The molecular formula is C13H20O5. The molecule has 18 heavy (non-hydrogen) atoms. The van der Waals surface area contributed by atoms with Crippen LogP contribution < -0.4 is 0 Å². The highest BCUT2D eigenvalue weighted by atomic mass is 16.5. The Morgan fingerprint density at radius 3 is 2.28 bits per heavy atom. The number of methoxy groups -OCH3 is 1. The topological polar surface area (TPSA) is 83.8 Å². The highest BCUT2D eigenvalue weighted by Gasteiger charge is 2.78. The third kappa shape index (κ3) is 1.11. The van der Waals surface area contributed by atoms with Gasteiger partial charge in [-0.3, -0.25) is 4.79 Å². The second kappa shape index (κ2) is 3.47. The van der Waals surface area contributed by atoms with Crippen LogP contribution in [0, 0.1) is 22.7 Å². The maximum Gasteiger partial charge on any atom is 0.339 e. The summed E-state index contributed by atoms with van der Waals surface area (Å²) < 4.78 is 4.68. The fourth-order valence-electron chi connectivity index (χ4n) is 4.29. The van der Waals surface area contributed by atoms with E-state index in [0.717, 1.165) is 6.42 Å². The van der Waals surface area contributed by atoms with Gasteiger partial charge >= 0.3 is 11.9 Å². The summed E-state index contributed by atoms with van der Waals surface area (Å²) in [4.78, 5) is 23.5. The number of carboxylic acid groups (broad SMARTS) is 1. The minimum atomic E-state index is -1.93. The summed E-state index contributed by atoms with van der Waals surface area (Å²) in [6.45, 7) is 5.66. The van der Waals surface area contributed by atoms with E-state index >= 15 is 0 Å². The first-order valence-corrected chi connectivity index (χ1v) is 6.18. The van der Waals surface area contributed by atoms with Crippen LogP contribution in [0.3, 0.4) is 0 Å². The molecule has 0 radical (unpaired) electrons. The number of ether oxygens (including phenoxy) is 1. The van der Waals surface area contributed by atoms with E-state index < -0.39 is 34.3 Å². The third-order valence-electron chi connectivity index (χ3n) is 5.76. The molecule has 2 bridgehead atoms. The molecule has 2 aliphatic rings. The zero-order valence-electron chi connectivity index (χ0n) is 11.2. The van der Waals surface area contributed by atoms with Crippen molar-refractivity contribution in [3.8, 4) is 0 Å². The van der Waals surface area contributed by atoms with E-state index in [1.807, 2.05) is 13.8 Å². The normalized spacial score (nSPS) is 44.9. The molecule has 0 heterocycles.